The molecule has 4 rings (SSSR count). The molecule has 0 aromatic carbocycles. The molecule has 1 saturated carbocycles. The zero-order chi connectivity index (χ0) is 17.4. The second-order valence-electron chi connectivity index (χ2n) is 6.52. The van der Waals surface area contributed by atoms with Crippen LogP contribution in [0.1, 0.15) is 35.7 Å². The minimum absolute atomic E-state index is 0.108. The van der Waals surface area contributed by atoms with Crippen molar-refractivity contribution in [2.45, 2.75) is 50.9 Å². The van der Waals surface area contributed by atoms with E-state index in [0.29, 0.717) is 19.3 Å². The molecule has 0 amide bonds. The van der Waals surface area contributed by atoms with Crippen molar-refractivity contribution in [1.82, 2.24) is 14.3 Å². The van der Waals surface area contributed by atoms with Gasteiger partial charge in [-0.2, -0.15) is 4.37 Å². The first-order chi connectivity index (χ1) is 12.1. The fourth-order valence-electron chi connectivity index (χ4n) is 3.20. The summed E-state index contributed by atoms with van der Waals surface area (Å²) in [6.45, 7) is 1.98. The first-order valence-electron chi connectivity index (χ1n) is 8.37. The Bertz CT molecular complexity index is 879. The minimum Gasteiger partial charge on any atom is -0.390 e. The maximum Gasteiger partial charge on any atom is 0.148 e. The highest BCUT2D eigenvalue weighted by Crippen LogP contribution is 2.30. The van der Waals surface area contributed by atoms with Crippen LogP contribution in [0.25, 0.3) is 10.2 Å². The molecular formula is C17H20N4O2S2. The van der Waals surface area contributed by atoms with Gasteiger partial charge >= 0.3 is 0 Å². The molecule has 1 aliphatic rings. The second kappa shape index (κ2) is 6.95. The average molecular weight is 377 g/mol. The molecule has 132 valence electrons. The fraction of sp³-hybridized carbons (Fsp3) is 0.471. The molecule has 3 aromatic heterocycles. The van der Waals surface area contributed by atoms with Crippen molar-refractivity contribution in [3.63, 3.8) is 0 Å². The van der Waals surface area contributed by atoms with Crippen molar-refractivity contribution in [3.8, 4) is 0 Å². The van der Waals surface area contributed by atoms with E-state index in [4.69, 9.17) is 4.98 Å². The van der Waals surface area contributed by atoms with E-state index >= 15 is 0 Å². The summed E-state index contributed by atoms with van der Waals surface area (Å²) in [5, 5.41) is 25.1. The maximum absolute atomic E-state index is 9.93. The van der Waals surface area contributed by atoms with Crippen molar-refractivity contribution in [2.75, 3.05) is 5.32 Å². The average Bonchev–Trinajstić information content (AvgIpc) is 3.20. The van der Waals surface area contributed by atoms with Gasteiger partial charge in [-0.15, -0.1) is 11.3 Å². The lowest BCUT2D eigenvalue weighted by molar-refractivity contribution is -0.0120. The Labute approximate surface area is 153 Å². The van der Waals surface area contributed by atoms with Crippen LogP contribution >= 0.6 is 22.9 Å². The summed E-state index contributed by atoms with van der Waals surface area (Å²) in [5.41, 5.74) is 1.96. The topological polar surface area (TPSA) is 91.2 Å². The predicted molar refractivity (Wildman–Crippen MR) is 100 cm³/mol. The number of fused-ring (bicyclic) bond motifs is 1. The third-order valence-electron chi connectivity index (χ3n) is 4.48. The molecule has 0 bridgehead atoms. The highest BCUT2D eigenvalue weighted by molar-refractivity contribution is 7.17. The van der Waals surface area contributed by atoms with Gasteiger partial charge in [0.15, 0.2) is 0 Å². The Balaban J connectivity index is 1.60. The van der Waals surface area contributed by atoms with Crippen LogP contribution in [-0.4, -0.2) is 42.8 Å². The standard InChI is InChI=1S/C17H20N4O2S2/c1-9-6-11(25-21-9)8-15-19-12-4-5-24-16(12)17(20-15)18-10-2-3-13(22)14(23)7-10/h4-6,10,13-14,22-23H,2-3,7-8H2,1H3,(H,18,19,20)/t10?,13-,14-/m0/s1. The molecule has 3 aromatic rings. The van der Waals surface area contributed by atoms with Gasteiger partial charge in [-0.1, -0.05) is 0 Å². The molecule has 25 heavy (non-hydrogen) atoms. The van der Waals surface area contributed by atoms with Gasteiger partial charge in [0, 0.05) is 17.3 Å². The first kappa shape index (κ1) is 16.8. The quantitative estimate of drug-likeness (QED) is 0.649. The van der Waals surface area contributed by atoms with E-state index in [2.05, 4.69) is 20.7 Å². The van der Waals surface area contributed by atoms with Crippen LogP contribution in [0.5, 0.6) is 0 Å². The van der Waals surface area contributed by atoms with Crippen LogP contribution in [0.3, 0.4) is 0 Å². The molecule has 1 unspecified atom stereocenters. The van der Waals surface area contributed by atoms with Gasteiger partial charge in [-0.05, 0) is 55.2 Å². The van der Waals surface area contributed by atoms with Gasteiger partial charge in [0.2, 0.25) is 0 Å². The van der Waals surface area contributed by atoms with E-state index in [-0.39, 0.29) is 6.04 Å². The monoisotopic (exact) mass is 376 g/mol. The van der Waals surface area contributed by atoms with Crippen LogP contribution in [0.2, 0.25) is 0 Å². The molecule has 8 heteroatoms. The predicted octanol–water partition coefficient (Wildman–Crippen LogP) is 2.73. The lowest BCUT2D eigenvalue weighted by Crippen LogP contribution is -2.39. The summed E-state index contributed by atoms with van der Waals surface area (Å²) in [6, 6.07) is 4.18. The lowest BCUT2D eigenvalue weighted by Gasteiger charge is -2.31. The van der Waals surface area contributed by atoms with Crippen molar-refractivity contribution >= 4 is 38.9 Å². The van der Waals surface area contributed by atoms with E-state index in [1.54, 1.807) is 11.3 Å². The van der Waals surface area contributed by atoms with Gasteiger partial charge in [0.05, 0.1) is 28.1 Å². The Hall–Kier alpha value is -1.61. The molecule has 0 spiro atoms. The molecule has 0 saturated heterocycles. The smallest absolute Gasteiger partial charge is 0.148 e. The van der Waals surface area contributed by atoms with Crippen LogP contribution in [0.15, 0.2) is 17.5 Å². The van der Waals surface area contributed by atoms with E-state index in [9.17, 15) is 10.2 Å². The number of nitrogens with zero attached hydrogens (tertiary/aromatic N) is 3. The Morgan fingerprint density at radius 1 is 1.24 bits per heavy atom. The Morgan fingerprint density at radius 2 is 2.12 bits per heavy atom. The first-order valence-corrected chi connectivity index (χ1v) is 10.0. The van der Waals surface area contributed by atoms with Crippen molar-refractivity contribution in [1.29, 1.82) is 0 Å². The Morgan fingerprint density at radius 3 is 2.88 bits per heavy atom. The third-order valence-corrected chi connectivity index (χ3v) is 6.27. The number of hydrogen-bond acceptors (Lipinski definition) is 8. The molecule has 0 aliphatic heterocycles. The fourth-order valence-corrected chi connectivity index (χ4v) is 4.71. The number of aliphatic hydroxyl groups excluding tert-OH is 2. The van der Waals surface area contributed by atoms with E-state index in [1.165, 1.54) is 11.5 Å². The molecule has 1 fully saturated rings. The highest BCUT2D eigenvalue weighted by atomic mass is 32.1. The SMILES string of the molecule is Cc1cc(Cc2nc(NC3CC[C@H](O)[C@@H](O)C3)c3sccc3n2)sn1. The third kappa shape index (κ3) is 3.67. The van der Waals surface area contributed by atoms with Crippen molar-refractivity contribution in [2.24, 2.45) is 0 Å². The number of nitrogens with one attached hydrogen (secondary N) is 1. The summed E-state index contributed by atoms with van der Waals surface area (Å²) < 4.78 is 5.35. The zero-order valence-electron chi connectivity index (χ0n) is 13.8. The number of hydrogen-bond donors (Lipinski definition) is 3. The second-order valence-corrected chi connectivity index (χ2v) is 8.33. The number of aromatic nitrogens is 3. The molecule has 0 radical (unpaired) electrons. The van der Waals surface area contributed by atoms with Gasteiger partial charge in [0.1, 0.15) is 11.6 Å². The number of aryl methyl sites for hydroxylation is 1. The normalized spacial score (nSPS) is 23.9. The summed E-state index contributed by atoms with van der Waals surface area (Å²) in [5.74, 6) is 1.60. The largest absolute Gasteiger partial charge is 0.390 e. The summed E-state index contributed by atoms with van der Waals surface area (Å²) in [6.07, 6.45) is 1.32. The van der Waals surface area contributed by atoms with Crippen molar-refractivity contribution in [3.05, 3.63) is 33.9 Å². The van der Waals surface area contributed by atoms with Crippen LogP contribution in [0.4, 0.5) is 5.82 Å². The molecule has 3 atom stereocenters. The van der Waals surface area contributed by atoms with E-state index < -0.39 is 12.2 Å². The maximum atomic E-state index is 9.93. The minimum atomic E-state index is -0.674. The van der Waals surface area contributed by atoms with Gasteiger partial charge in [-0.3, -0.25) is 0 Å². The van der Waals surface area contributed by atoms with Crippen LogP contribution < -0.4 is 5.32 Å². The number of aliphatic hydroxyl groups is 2. The molecular weight excluding hydrogens is 356 g/mol. The Kier molecular flexibility index (Phi) is 4.68. The van der Waals surface area contributed by atoms with Gasteiger partial charge in [0.25, 0.3) is 0 Å². The number of anilines is 1. The number of rotatable bonds is 4. The van der Waals surface area contributed by atoms with E-state index in [1.807, 2.05) is 18.4 Å². The molecule has 3 N–H and O–H groups in total. The van der Waals surface area contributed by atoms with E-state index in [0.717, 1.165) is 38.9 Å². The summed E-state index contributed by atoms with van der Waals surface area (Å²) in [4.78, 5) is 10.6. The van der Waals surface area contributed by atoms with Gasteiger partial charge < -0.3 is 15.5 Å². The van der Waals surface area contributed by atoms with Crippen LogP contribution in [0, 0.1) is 6.92 Å². The summed E-state index contributed by atoms with van der Waals surface area (Å²) in [7, 11) is 0. The zero-order valence-corrected chi connectivity index (χ0v) is 15.5. The molecule has 6 nitrogen and oxygen atoms in total. The number of thiophene rings is 1. The van der Waals surface area contributed by atoms with Crippen molar-refractivity contribution < 1.29 is 10.2 Å². The summed E-state index contributed by atoms with van der Waals surface area (Å²) >= 11 is 3.10. The molecule has 3 heterocycles. The van der Waals surface area contributed by atoms with Gasteiger partial charge in [-0.25, -0.2) is 9.97 Å². The highest BCUT2D eigenvalue weighted by Gasteiger charge is 2.28. The lowest BCUT2D eigenvalue weighted by atomic mass is 9.90. The molecule has 1 aliphatic carbocycles. The van der Waals surface area contributed by atoms with Crippen LogP contribution in [-0.2, 0) is 6.42 Å².